The minimum absolute atomic E-state index is 0.0892. The van der Waals surface area contributed by atoms with E-state index in [4.69, 9.17) is 16.3 Å². The van der Waals surface area contributed by atoms with Crippen molar-refractivity contribution in [3.63, 3.8) is 0 Å². The highest BCUT2D eigenvalue weighted by molar-refractivity contribution is 7.90. The predicted molar refractivity (Wildman–Crippen MR) is 139 cm³/mol. The van der Waals surface area contributed by atoms with Gasteiger partial charge in [0.05, 0.1) is 31.0 Å². The molecule has 194 valence electrons. The molecule has 0 saturated carbocycles. The second-order valence-corrected chi connectivity index (χ2v) is 11.1. The average molecular weight is 536 g/mol. The van der Waals surface area contributed by atoms with Crippen molar-refractivity contribution in [3.05, 3.63) is 53.1 Å². The summed E-state index contributed by atoms with van der Waals surface area (Å²) in [6.07, 6.45) is 1.42. The number of methoxy groups -OCH3 is 1. The SMILES string of the molecule is COc1ccc(Cl)cc1C[C@@H]1CN=C(NN(C)C)CN(CC(=O)Nc2cccc(S(C)(=O)=O)c2)C1=O. The van der Waals surface area contributed by atoms with Crippen LogP contribution in [0.5, 0.6) is 5.75 Å². The second-order valence-electron chi connectivity index (χ2n) is 8.69. The van der Waals surface area contributed by atoms with E-state index in [0.717, 1.165) is 11.8 Å². The summed E-state index contributed by atoms with van der Waals surface area (Å²) in [6.45, 7) is 0.0927. The minimum Gasteiger partial charge on any atom is -0.496 e. The number of nitrogens with zero attached hydrogens (tertiary/aromatic N) is 3. The number of nitrogens with one attached hydrogen (secondary N) is 2. The summed E-state index contributed by atoms with van der Waals surface area (Å²) in [4.78, 5) is 32.5. The number of aliphatic imine (C=N–C) groups is 1. The third-order valence-electron chi connectivity index (χ3n) is 5.45. The molecule has 0 aromatic heterocycles. The summed E-state index contributed by atoms with van der Waals surface area (Å²) in [7, 11) is 1.72. The number of sulfone groups is 1. The van der Waals surface area contributed by atoms with E-state index in [1.54, 1.807) is 56.5 Å². The normalized spacial score (nSPS) is 16.4. The summed E-state index contributed by atoms with van der Waals surface area (Å²) in [5, 5.41) is 4.92. The topological polar surface area (TPSA) is 120 Å². The van der Waals surface area contributed by atoms with Crippen molar-refractivity contribution >= 4 is 44.8 Å². The number of hydrogen-bond donors (Lipinski definition) is 2. The molecule has 1 aliphatic rings. The van der Waals surface area contributed by atoms with Crippen molar-refractivity contribution in [3.8, 4) is 5.75 Å². The lowest BCUT2D eigenvalue weighted by molar-refractivity contribution is -0.137. The van der Waals surface area contributed by atoms with Crippen LogP contribution in [0.3, 0.4) is 0 Å². The number of carbonyl (C=O) groups is 2. The number of hydrazine groups is 1. The third-order valence-corrected chi connectivity index (χ3v) is 6.79. The number of ether oxygens (including phenoxy) is 1. The third kappa shape index (κ3) is 7.42. The zero-order chi connectivity index (χ0) is 26.5. The molecule has 2 N–H and O–H groups in total. The van der Waals surface area contributed by atoms with Crippen LogP contribution in [0.15, 0.2) is 52.4 Å². The van der Waals surface area contributed by atoms with Gasteiger partial charge in [-0.2, -0.15) is 0 Å². The Bertz CT molecular complexity index is 1270. The van der Waals surface area contributed by atoms with Crippen LogP contribution in [-0.4, -0.2) is 83.1 Å². The molecule has 10 nitrogen and oxygen atoms in total. The van der Waals surface area contributed by atoms with Crippen molar-refractivity contribution in [1.82, 2.24) is 15.3 Å². The molecule has 0 fully saturated rings. The first-order valence-corrected chi connectivity index (χ1v) is 13.4. The molecule has 2 amide bonds. The van der Waals surface area contributed by atoms with Crippen molar-refractivity contribution in [2.24, 2.45) is 10.9 Å². The molecule has 0 aliphatic carbocycles. The predicted octanol–water partition coefficient (Wildman–Crippen LogP) is 1.86. The van der Waals surface area contributed by atoms with E-state index in [1.165, 1.54) is 17.0 Å². The first kappa shape index (κ1) is 27.4. The molecule has 1 atom stereocenters. The van der Waals surface area contributed by atoms with E-state index in [-0.39, 0.29) is 30.4 Å². The molecule has 36 heavy (non-hydrogen) atoms. The molecule has 0 bridgehead atoms. The van der Waals surface area contributed by atoms with Crippen LogP contribution in [-0.2, 0) is 25.8 Å². The summed E-state index contributed by atoms with van der Waals surface area (Å²) in [5.74, 6) is -0.0846. The number of hydrogen-bond acceptors (Lipinski definition) is 8. The summed E-state index contributed by atoms with van der Waals surface area (Å²) >= 11 is 6.17. The Morgan fingerprint density at radius 3 is 2.67 bits per heavy atom. The lowest BCUT2D eigenvalue weighted by Gasteiger charge is -2.25. The van der Waals surface area contributed by atoms with E-state index in [9.17, 15) is 18.0 Å². The molecule has 12 heteroatoms. The number of anilines is 1. The van der Waals surface area contributed by atoms with E-state index in [0.29, 0.717) is 28.7 Å². The van der Waals surface area contributed by atoms with Gasteiger partial charge in [0.25, 0.3) is 0 Å². The minimum atomic E-state index is -3.43. The first-order chi connectivity index (χ1) is 17.0. The highest BCUT2D eigenvalue weighted by Crippen LogP contribution is 2.27. The van der Waals surface area contributed by atoms with Crippen molar-refractivity contribution in [2.45, 2.75) is 11.3 Å². The second kappa shape index (κ2) is 11.7. The summed E-state index contributed by atoms with van der Waals surface area (Å²) < 4.78 is 29.1. The lowest BCUT2D eigenvalue weighted by atomic mass is 9.97. The maximum Gasteiger partial charge on any atom is 0.244 e. The summed E-state index contributed by atoms with van der Waals surface area (Å²) in [5.41, 5.74) is 4.17. The van der Waals surface area contributed by atoms with Gasteiger partial charge >= 0.3 is 0 Å². The molecule has 0 radical (unpaired) electrons. The van der Waals surface area contributed by atoms with Gasteiger partial charge in [-0.05, 0) is 48.4 Å². The molecule has 3 rings (SSSR count). The van der Waals surface area contributed by atoms with Crippen LogP contribution < -0.4 is 15.5 Å². The largest absolute Gasteiger partial charge is 0.496 e. The molecule has 1 aliphatic heterocycles. The van der Waals surface area contributed by atoms with E-state index in [1.807, 2.05) is 0 Å². The fraction of sp³-hybridized carbons (Fsp3) is 0.375. The summed E-state index contributed by atoms with van der Waals surface area (Å²) in [6, 6.07) is 11.2. The van der Waals surface area contributed by atoms with Crippen LogP contribution in [0, 0.1) is 5.92 Å². The van der Waals surface area contributed by atoms with E-state index < -0.39 is 21.7 Å². The Morgan fingerprint density at radius 2 is 2.00 bits per heavy atom. The van der Waals surface area contributed by atoms with Crippen LogP contribution in [0.2, 0.25) is 5.02 Å². The Hall–Kier alpha value is -3.15. The lowest BCUT2D eigenvalue weighted by Crippen LogP contribution is -2.47. The average Bonchev–Trinajstić information content (AvgIpc) is 2.92. The van der Waals surface area contributed by atoms with Gasteiger partial charge in [-0.3, -0.25) is 14.6 Å². The van der Waals surface area contributed by atoms with E-state index >= 15 is 0 Å². The standard InChI is InChI=1S/C24H30ClN5O5S/c1-29(2)28-22-14-30(15-23(31)27-19-6-5-7-20(12-19)36(4,33)34)24(32)17(13-26-22)10-16-11-18(25)8-9-21(16)35-3/h5-9,11-12,17H,10,13-15H2,1-4H3,(H,26,28)(H,27,31)/t17-/m1/s1. The molecule has 2 aromatic carbocycles. The van der Waals surface area contributed by atoms with Gasteiger partial charge in [0.1, 0.15) is 18.1 Å². The molecule has 0 unspecified atom stereocenters. The highest BCUT2D eigenvalue weighted by Gasteiger charge is 2.31. The zero-order valence-electron chi connectivity index (χ0n) is 20.6. The van der Waals surface area contributed by atoms with Crippen LogP contribution in [0.25, 0.3) is 0 Å². The van der Waals surface area contributed by atoms with Gasteiger partial charge in [-0.1, -0.05) is 17.7 Å². The smallest absolute Gasteiger partial charge is 0.244 e. The zero-order valence-corrected chi connectivity index (χ0v) is 22.2. The molecule has 0 saturated heterocycles. The van der Waals surface area contributed by atoms with Gasteiger partial charge in [0.15, 0.2) is 9.84 Å². The van der Waals surface area contributed by atoms with Gasteiger partial charge in [-0.25, -0.2) is 13.4 Å². The monoisotopic (exact) mass is 535 g/mol. The van der Waals surface area contributed by atoms with Gasteiger partial charge in [0.2, 0.25) is 11.8 Å². The molecule has 1 heterocycles. The van der Waals surface area contributed by atoms with Gasteiger partial charge < -0.3 is 20.4 Å². The van der Waals surface area contributed by atoms with Crippen molar-refractivity contribution in [1.29, 1.82) is 0 Å². The fourth-order valence-electron chi connectivity index (χ4n) is 3.83. The van der Waals surface area contributed by atoms with E-state index in [2.05, 4.69) is 15.7 Å². The van der Waals surface area contributed by atoms with Crippen molar-refractivity contribution < 1.29 is 22.7 Å². The number of rotatable bonds is 8. The molecular formula is C24H30ClN5O5S. The quantitative estimate of drug-likeness (QED) is 0.495. The number of halogens is 1. The van der Waals surface area contributed by atoms with Crippen LogP contribution in [0.1, 0.15) is 5.56 Å². The van der Waals surface area contributed by atoms with Gasteiger partial charge in [-0.15, -0.1) is 0 Å². The Balaban J connectivity index is 1.81. The van der Waals surface area contributed by atoms with Crippen LogP contribution in [0.4, 0.5) is 5.69 Å². The number of amides is 2. The fourth-order valence-corrected chi connectivity index (χ4v) is 4.69. The highest BCUT2D eigenvalue weighted by atomic mass is 35.5. The Labute approximate surface area is 216 Å². The Kier molecular flexibility index (Phi) is 8.93. The molecule has 2 aromatic rings. The first-order valence-electron chi connectivity index (χ1n) is 11.1. The number of benzene rings is 2. The van der Waals surface area contributed by atoms with Gasteiger partial charge in [0, 0.05) is 31.1 Å². The maximum atomic E-state index is 13.5. The molecular weight excluding hydrogens is 506 g/mol. The maximum absolute atomic E-state index is 13.5. The van der Waals surface area contributed by atoms with Crippen LogP contribution >= 0.6 is 11.6 Å². The Morgan fingerprint density at radius 1 is 1.25 bits per heavy atom. The number of amidine groups is 1. The van der Waals surface area contributed by atoms with Crippen molar-refractivity contribution in [2.75, 3.05) is 52.4 Å². The molecule has 0 spiro atoms. The number of carbonyl (C=O) groups excluding carboxylic acids is 2.